The van der Waals surface area contributed by atoms with Crippen molar-refractivity contribution in [2.45, 2.75) is 52.3 Å². The highest BCUT2D eigenvalue weighted by Gasteiger charge is 2.28. The summed E-state index contributed by atoms with van der Waals surface area (Å²) in [6, 6.07) is 3.88. The van der Waals surface area contributed by atoms with Crippen LogP contribution in [0.25, 0.3) is 0 Å². The van der Waals surface area contributed by atoms with Gasteiger partial charge in [-0.25, -0.2) is 0 Å². The van der Waals surface area contributed by atoms with Gasteiger partial charge in [-0.1, -0.05) is 11.6 Å². The van der Waals surface area contributed by atoms with Gasteiger partial charge in [-0.05, 0) is 46.2 Å². The van der Waals surface area contributed by atoms with Gasteiger partial charge < -0.3 is 19.4 Å². The van der Waals surface area contributed by atoms with Crippen molar-refractivity contribution in [2.24, 2.45) is 0 Å². The van der Waals surface area contributed by atoms with E-state index < -0.39 is 0 Å². The minimum atomic E-state index is -0.114. The molecule has 5 nitrogen and oxygen atoms in total. The lowest BCUT2D eigenvalue weighted by Crippen LogP contribution is -2.51. The summed E-state index contributed by atoms with van der Waals surface area (Å²) in [4.78, 5) is 12.6. The van der Waals surface area contributed by atoms with Crippen LogP contribution in [0.3, 0.4) is 0 Å². The van der Waals surface area contributed by atoms with Gasteiger partial charge in [0.15, 0.2) is 0 Å². The van der Waals surface area contributed by atoms with Gasteiger partial charge in [0.2, 0.25) is 0 Å². The van der Waals surface area contributed by atoms with E-state index in [0.29, 0.717) is 25.5 Å². The molecule has 23 heavy (non-hydrogen) atoms. The van der Waals surface area contributed by atoms with E-state index >= 15 is 0 Å². The van der Waals surface area contributed by atoms with E-state index in [0.717, 1.165) is 6.42 Å². The van der Waals surface area contributed by atoms with E-state index in [1.54, 1.807) is 0 Å². The highest BCUT2D eigenvalue weighted by atomic mass is 16.5. The first-order valence-electron chi connectivity index (χ1n) is 8.29. The SMILES string of the molecule is CC(C)=CCO[C@@H]1CCOC[C@@H]1NC(=O)c1cccn1C(C)C. The van der Waals surface area contributed by atoms with E-state index in [1.807, 2.05) is 36.7 Å². The van der Waals surface area contributed by atoms with E-state index in [-0.39, 0.29) is 24.1 Å². The predicted molar refractivity (Wildman–Crippen MR) is 90.7 cm³/mol. The van der Waals surface area contributed by atoms with E-state index in [1.165, 1.54) is 5.57 Å². The van der Waals surface area contributed by atoms with Crippen LogP contribution in [0, 0.1) is 0 Å². The average Bonchev–Trinajstić information content (AvgIpc) is 2.98. The second-order valence-electron chi connectivity index (χ2n) is 6.49. The van der Waals surface area contributed by atoms with Crippen LogP contribution in [-0.2, 0) is 9.47 Å². The number of nitrogens with one attached hydrogen (secondary N) is 1. The molecular weight excluding hydrogens is 292 g/mol. The number of ether oxygens (including phenoxy) is 2. The van der Waals surface area contributed by atoms with Gasteiger partial charge in [-0.2, -0.15) is 0 Å². The molecule has 0 aromatic carbocycles. The molecule has 0 spiro atoms. The number of amides is 1. The minimum absolute atomic E-state index is 0.00855. The van der Waals surface area contributed by atoms with Crippen molar-refractivity contribution in [1.82, 2.24) is 9.88 Å². The molecule has 1 saturated heterocycles. The Morgan fingerprint density at radius 3 is 3.00 bits per heavy atom. The highest BCUT2D eigenvalue weighted by molar-refractivity contribution is 5.93. The molecule has 0 radical (unpaired) electrons. The number of allylic oxidation sites excluding steroid dienone is 1. The Morgan fingerprint density at radius 2 is 2.30 bits per heavy atom. The predicted octanol–water partition coefficient (Wildman–Crippen LogP) is 2.94. The van der Waals surface area contributed by atoms with E-state index in [4.69, 9.17) is 9.47 Å². The lowest BCUT2D eigenvalue weighted by Gasteiger charge is -2.32. The molecule has 2 atom stereocenters. The van der Waals surface area contributed by atoms with Crippen molar-refractivity contribution in [3.63, 3.8) is 0 Å². The molecule has 0 saturated carbocycles. The third-order valence-corrected chi connectivity index (χ3v) is 3.98. The summed E-state index contributed by atoms with van der Waals surface area (Å²) >= 11 is 0. The first kappa shape index (κ1) is 17.8. The molecule has 0 unspecified atom stereocenters. The molecule has 1 aliphatic heterocycles. The lowest BCUT2D eigenvalue weighted by molar-refractivity contribution is -0.0458. The molecular formula is C18H28N2O3. The smallest absolute Gasteiger partial charge is 0.268 e. The van der Waals surface area contributed by atoms with Gasteiger partial charge in [0.05, 0.1) is 25.4 Å². The number of aromatic nitrogens is 1. The van der Waals surface area contributed by atoms with Gasteiger partial charge in [0.25, 0.3) is 5.91 Å². The largest absolute Gasteiger partial charge is 0.379 e. The summed E-state index contributed by atoms with van der Waals surface area (Å²) in [7, 11) is 0. The summed E-state index contributed by atoms with van der Waals surface area (Å²) in [5.41, 5.74) is 1.90. The lowest BCUT2D eigenvalue weighted by atomic mass is 10.1. The second-order valence-corrected chi connectivity index (χ2v) is 6.49. The van der Waals surface area contributed by atoms with Crippen molar-refractivity contribution >= 4 is 5.91 Å². The molecule has 0 aliphatic carbocycles. The standard InChI is InChI=1S/C18H28N2O3/c1-13(2)7-11-23-17-8-10-22-12-15(17)19-18(21)16-6-5-9-20(16)14(3)4/h5-7,9,14-15,17H,8,10-12H2,1-4H3,(H,19,21)/t15-,17+/m0/s1. The maximum atomic E-state index is 12.6. The topological polar surface area (TPSA) is 52.5 Å². The molecule has 1 N–H and O–H groups in total. The zero-order valence-corrected chi connectivity index (χ0v) is 14.5. The highest BCUT2D eigenvalue weighted by Crippen LogP contribution is 2.15. The first-order chi connectivity index (χ1) is 11.0. The fraction of sp³-hybridized carbons (Fsp3) is 0.611. The maximum Gasteiger partial charge on any atom is 0.268 e. The van der Waals surface area contributed by atoms with Gasteiger partial charge in [-0.3, -0.25) is 4.79 Å². The van der Waals surface area contributed by atoms with Gasteiger partial charge >= 0.3 is 0 Å². The zero-order chi connectivity index (χ0) is 16.8. The van der Waals surface area contributed by atoms with Crippen LogP contribution < -0.4 is 5.32 Å². The Labute approximate surface area is 138 Å². The van der Waals surface area contributed by atoms with Crippen molar-refractivity contribution in [3.8, 4) is 0 Å². The van der Waals surface area contributed by atoms with Gasteiger partial charge in [-0.15, -0.1) is 0 Å². The minimum Gasteiger partial charge on any atom is -0.379 e. The monoisotopic (exact) mass is 320 g/mol. The van der Waals surface area contributed by atoms with Crippen molar-refractivity contribution in [1.29, 1.82) is 0 Å². The third-order valence-electron chi connectivity index (χ3n) is 3.98. The molecule has 1 aromatic rings. The number of nitrogens with zero attached hydrogens (tertiary/aromatic N) is 1. The molecule has 1 aromatic heterocycles. The van der Waals surface area contributed by atoms with Crippen LogP contribution in [0.4, 0.5) is 0 Å². The summed E-state index contributed by atoms with van der Waals surface area (Å²) < 4.78 is 13.4. The van der Waals surface area contributed by atoms with Crippen LogP contribution >= 0.6 is 0 Å². The maximum absolute atomic E-state index is 12.6. The molecule has 1 fully saturated rings. The fourth-order valence-electron chi connectivity index (χ4n) is 2.67. The quantitative estimate of drug-likeness (QED) is 0.820. The number of hydrogen-bond donors (Lipinski definition) is 1. The molecule has 1 aliphatic rings. The Bertz CT molecular complexity index is 544. The third kappa shape index (κ3) is 4.94. The molecule has 5 heteroatoms. The normalized spacial score (nSPS) is 21.3. The Balaban J connectivity index is 1.99. The summed E-state index contributed by atoms with van der Waals surface area (Å²) in [6.07, 6.45) is 4.77. The van der Waals surface area contributed by atoms with E-state index in [9.17, 15) is 4.79 Å². The van der Waals surface area contributed by atoms with Gasteiger partial charge in [0.1, 0.15) is 5.69 Å². The van der Waals surface area contributed by atoms with Crippen LogP contribution in [0.1, 0.15) is 50.6 Å². The van der Waals surface area contributed by atoms with Crippen molar-refractivity contribution < 1.29 is 14.3 Å². The Kier molecular flexibility index (Phi) is 6.42. The molecule has 2 rings (SSSR count). The summed E-state index contributed by atoms with van der Waals surface area (Å²) in [6.45, 7) is 9.96. The second kappa shape index (κ2) is 8.31. The summed E-state index contributed by atoms with van der Waals surface area (Å²) in [5.74, 6) is -0.0741. The summed E-state index contributed by atoms with van der Waals surface area (Å²) in [5, 5.41) is 3.07. The van der Waals surface area contributed by atoms with Crippen molar-refractivity contribution in [3.05, 3.63) is 35.7 Å². The van der Waals surface area contributed by atoms with E-state index in [2.05, 4.69) is 25.2 Å². The zero-order valence-electron chi connectivity index (χ0n) is 14.5. The van der Waals surface area contributed by atoms with Gasteiger partial charge in [0, 0.05) is 18.8 Å². The van der Waals surface area contributed by atoms with Crippen LogP contribution in [0.2, 0.25) is 0 Å². The van der Waals surface area contributed by atoms with Crippen LogP contribution in [-0.4, -0.2) is 42.4 Å². The molecule has 128 valence electrons. The van der Waals surface area contributed by atoms with Crippen LogP contribution in [0.5, 0.6) is 0 Å². The first-order valence-corrected chi connectivity index (χ1v) is 8.29. The number of rotatable bonds is 6. The average molecular weight is 320 g/mol. The Hall–Kier alpha value is -1.59. The molecule has 1 amide bonds. The Morgan fingerprint density at radius 1 is 1.52 bits per heavy atom. The van der Waals surface area contributed by atoms with Crippen LogP contribution in [0.15, 0.2) is 30.0 Å². The number of carbonyl (C=O) groups excluding carboxylic acids is 1. The van der Waals surface area contributed by atoms with Crippen molar-refractivity contribution in [2.75, 3.05) is 19.8 Å². The fourth-order valence-corrected chi connectivity index (χ4v) is 2.67. The molecule has 2 heterocycles. The molecule has 0 bridgehead atoms. The number of hydrogen-bond acceptors (Lipinski definition) is 3. The number of carbonyl (C=O) groups is 1.